The Kier molecular flexibility index (Phi) is 4.13. The molecule has 1 atom stereocenters. The quantitative estimate of drug-likeness (QED) is 0.631. The van der Waals surface area contributed by atoms with Crippen molar-refractivity contribution >= 4 is 23.6 Å². The van der Waals surface area contributed by atoms with Crippen molar-refractivity contribution < 1.29 is 19.4 Å². The standard InChI is InChI=1S/C7H9N3O4S/c1-14-7(13)5(11)3-8-6(12)4-2-9-15-10-4/h2,5,11H,3H2,1H3,(H,8,12). The van der Waals surface area contributed by atoms with Gasteiger partial charge in [0.25, 0.3) is 5.91 Å². The van der Waals surface area contributed by atoms with E-state index in [1.807, 2.05) is 0 Å². The number of aliphatic hydroxyl groups excluding tert-OH is 1. The Balaban J connectivity index is 2.38. The van der Waals surface area contributed by atoms with E-state index < -0.39 is 18.0 Å². The summed E-state index contributed by atoms with van der Waals surface area (Å²) in [5.74, 6) is -1.29. The first kappa shape index (κ1) is 11.5. The van der Waals surface area contributed by atoms with Crippen molar-refractivity contribution in [1.29, 1.82) is 0 Å². The molecule has 1 aromatic heterocycles. The van der Waals surface area contributed by atoms with Crippen LogP contribution >= 0.6 is 11.7 Å². The van der Waals surface area contributed by atoms with Gasteiger partial charge in [-0.05, 0) is 0 Å². The number of ether oxygens (including phenoxy) is 1. The molecule has 1 heterocycles. The zero-order valence-electron chi connectivity index (χ0n) is 7.84. The highest BCUT2D eigenvalue weighted by molar-refractivity contribution is 6.99. The molecule has 0 aliphatic rings. The minimum absolute atomic E-state index is 0.150. The molecule has 2 N–H and O–H groups in total. The molecule has 0 spiro atoms. The molecule has 82 valence electrons. The number of hydrogen-bond acceptors (Lipinski definition) is 7. The van der Waals surface area contributed by atoms with Crippen LogP contribution in [0.1, 0.15) is 10.5 Å². The molecule has 0 bridgehead atoms. The average molecular weight is 231 g/mol. The van der Waals surface area contributed by atoms with E-state index >= 15 is 0 Å². The first-order valence-corrected chi connectivity index (χ1v) is 4.70. The number of carbonyl (C=O) groups excluding carboxylic acids is 2. The number of aliphatic hydroxyl groups is 1. The number of methoxy groups -OCH3 is 1. The van der Waals surface area contributed by atoms with Gasteiger partial charge in [-0.25, -0.2) is 4.79 Å². The van der Waals surface area contributed by atoms with Gasteiger partial charge >= 0.3 is 5.97 Å². The lowest BCUT2D eigenvalue weighted by Gasteiger charge is -2.08. The summed E-state index contributed by atoms with van der Waals surface area (Å²) in [5.41, 5.74) is 0.150. The Hall–Kier alpha value is -1.54. The number of nitrogens with one attached hydrogen (secondary N) is 1. The van der Waals surface area contributed by atoms with Crippen molar-refractivity contribution in [3.8, 4) is 0 Å². The van der Waals surface area contributed by atoms with Crippen LogP contribution in [0.5, 0.6) is 0 Å². The fourth-order valence-electron chi connectivity index (χ4n) is 0.764. The van der Waals surface area contributed by atoms with E-state index in [-0.39, 0.29) is 12.2 Å². The predicted octanol–water partition coefficient (Wildman–Crippen LogP) is -1.20. The first-order chi connectivity index (χ1) is 7.15. The second-order valence-corrected chi connectivity index (χ2v) is 3.10. The molecule has 8 heteroatoms. The summed E-state index contributed by atoms with van der Waals surface area (Å²) in [5, 5.41) is 11.5. The molecule has 0 saturated heterocycles. The smallest absolute Gasteiger partial charge is 0.336 e. The number of carbonyl (C=O) groups is 2. The van der Waals surface area contributed by atoms with E-state index in [4.69, 9.17) is 5.11 Å². The van der Waals surface area contributed by atoms with Crippen molar-refractivity contribution in [1.82, 2.24) is 14.1 Å². The molecule has 0 aliphatic heterocycles. The second kappa shape index (κ2) is 5.37. The van der Waals surface area contributed by atoms with Crippen LogP contribution in [0.15, 0.2) is 6.20 Å². The van der Waals surface area contributed by atoms with E-state index in [9.17, 15) is 9.59 Å². The maximum Gasteiger partial charge on any atom is 0.336 e. The molecular weight excluding hydrogens is 222 g/mol. The number of nitrogens with zero attached hydrogens (tertiary/aromatic N) is 2. The van der Waals surface area contributed by atoms with Crippen molar-refractivity contribution in [2.45, 2.75) is 6.10 Å². The largest absolute Gasteiger partial charge is 0.467 e. The molecule has 0 aliphatic carbocycles. The topological polar surface area (TPSA) is 101 Å². The lowest BCUT2D eigenvalue weighted by molar-refractivity contribution is -0.149. The van der Waals surface area contributed by atoms with Crippen LogP contribution in [0, 0.1) is 0 Å². The molecule has 1 rings (SSSR count). The monoisotopic (exact) mass is 231 g/mol. The molecule has 1 aromatic rings. The van der Waals surface area contributed by atoms with Gasteiger partial charge in [0, 0.05) is 0 Å². The fourth-order valence-corrected chi connectivity index (χ4v) is 1.18. The van der Waals surface area contributed by atoms with Crippen LogP contribution in [0.25, 0.3) is 0 Å². The highest BCUT2D eigenvalue weighted by atomic mass is 32.1. The van der Waals surface area contributed by atoms with Gasteiger partial charge in [0.2, 0.25) is 0 Å². The van der Waals surface area contributed by atoms with E-state index in [2.05, 4.69) is 18.8 Å². The third-order valence-electron chi connectivity index (χ3n) is 1.52. The summed E-state index contributed by atoms with van der Waals surface area (Å²) in [7, 11) is 1.15. The van der Waals surface area contributed by atoms with Gasteiger partial charge in [-0.2, -0.15) is 8.75 Å². The van der Waals surface area contributed by atoms with Crippen LogP contribution in [0.4, 0.5) is 0 Å². The molecule has 0 fully saturated rings. The van der Waals surface area contributed by atoms with Gasteiger partial charge in [-0.3, -0.25) is 4.79 Å². The van der Waals surface area contributed by atoms with Crippen molar-refractivity contribution in [2.75, 3.05) is 13.7 Å². The molecule has 15 heavy (non-hydrogen) atoms. The summed E-state index contributed by atoms with van der Waals surface area (Å²) >= 11 is 0.898. The van der Waals surface area contributed by atoms with Crippen LogP contribution in [-0.4, -0.2) is 45.5 Å². The number of hydrogen-bond donors (Lipinski definition) is 2. The van der Waals surface area contributed by atoms with Crippen molar-refractivity contribution in [3.05, 3.63) is 11.9 Å². The molecule has 0 radical (unpaired) electrons. The minimum Gasteiger partial charge on any atom is -0.467 e. The molecule has 0 saturated carbocycles. The third kappa shape index (κ3) is 3.26. The number of amides is 1. The van der Waals surface area contributed by atoms with E-state index in [1.54, 1.807) is 0 Å². The van der Waals surface area contributed by atoms with Gasteiger partial charge < -0.3 is 15.2 Å². The van der Waals surface area contributed by atoms with Crippen LogP contribution in [0.2, 0.25) is 0 Å². The average Bonchev–Trinajstić information content (AvgIpc) is 2.77. The Morgan fingerprint density at radius 1 is 1.73 bits per heavy atom. The molecule has 0 aromatic carbocycles. The summed E-state index contributed by atoms with van der Waals surface area (Å²) in [6, 6.07) is 0. The molecule has 7 nitrogen and oxygen atoms in total. The summed E-state index contributed by atoms with van der Waals surface area (Å²) in [6.07, 6.45) is -0.0737. The Bertz CT molecular complexity index is 340. The predicted molar refractivity (Wildman–Crippen MR) is 50.3 cm³/mol. The number of rotatable bonds is 4. The highest BCUT2D eigenvalue weighted by Crippen LogP contribution is 1.94. The van der Waals surface area contributed by atoms with Crippen molar-refractivity contribution in [3.63, 3.8) is 0 Å². The normalized spacial score (nSPS) is 11.9. The van der Waals surface area contributed by atoms with Gasteiger partial charge in [0.05, 0.1) is 31.6 Å². The van der Waals surface area contributed by atoms with E-state index in [0.29, 0.717) is 0 Å². The summed E-state index contributed by atoms with van der Waals surface area (Å²) in [6.45, 7) is -0.219. The zero-order valence-corrected chi connectivity index (χ0v) is 8.65. The number of esters is 1. The molecule has 1 unspecified atom stereocenters. The van der Waals surface area contributed by atoms with Gasteiger partial charge in [-0.15, -0.1) is 0 Å². The molecular formula is C7H9N3O4S. The van der Waals surface area contributed by atoms with Crippen LogP contribution < -0.4 is 5.32 Å². The fraction of sp³-hybridized carbons (Fsp3) is 0.429. The minimum atomic E-state index is -1.37. The van der Waals surface area contributed by atoms with E-state index in [1.165, 1.54) is 6.20 Å². The maximum atomic E-state index is 11.3. The maximum absolute atomic E-state index is 11.3. The van der Waals surface area contributed by atoms with Crippen LogP contribution in [0.3, 0.4) is 0 Å². The zero-order chi connectivity index (χ0) is 11.3. The second-order valence-electron chi connectivity index (χ2n) is 2.54. The third-order valence-corrected chi connectivity index (χ3v) is 2.00. The lowest BCUT2D eigenvalue weighted by atomic mass is 10.3. The summed E-state index contributed by atoms with van der Waals surface area (Å²) < 4.78 is 11.6. The molecule has 1 amide bonds. The lowest BCUT2D eigenvalue weighted by Crippen LogP contribution is -2.37. The Morgan fingerprint density at radius 2 is 2.47 bits per heavy atom. The first-order valence-electron chi connectivity index (χ1n) is 3.96. The van der Waals surface area contributed by atoms with Gasteiger partial charge in [0.1, 0.15) is 0 Å². The Labute approximate surface area is 89.4 Å². The SMILES string of the molecule is COC(=O)C(O)CNC(=O)c1cnsn1. The highest BCUT2D eigenvalue weighted by Gasteiger charge is 2.17. The van der Waals surface area contributed by atoms with Crippen LogP contribution in [-0.2, 0) is 9.53 Å². The van der Waals surface area contributed by atoms with Crippen molar-refractivity contribution in [2.24, 2.45) is 0 Å². The Morgan fingerprint density at radius 3 is 3.00 bits per heavy atom. The van der Waals surface area contributed by atoms with Gasteiger partial charge in [0.15, 0.2) is 11.8 Å². The van der Waals surface area contributed by atoms with Gasteiger partial charge in [-0.1, -0.05) is 0 Å². The van der Waals surface area contributed by atoms with E-state index in [0.717, 1.165) is 18.8 Å². The number of aromatic nitrogens is 2. The summed E-state index contributed by atoms with van der Waals surface area (Å²) in [4.78, 5) is 22.0.